The van der Waals surface area contributed by atoms with Crippen LogP contribution in [-0.2, 0) is 28.2 Å². The van der Waals surface area contributed by atoms with Crippen molar-refractivity contribution in [2.45, 2.75) is 12.8 Å². The molecule has 0 bridgehead atoms. The number of ether oxygens (including phenoxy) is 2. The molecule has 10 nitrogen and oxygen atoms in total. The molecule has 0 aliphatic heterocycles. The van der Waals surface area contributed by atoms with E-state index in [-0.39, 0.29) is 56.0 Å². The third-order valence-electron chi connectivity index (χ3n) is 5.92. The molecule has 0 fully saturated rings. The largest absolute Gasteiger partial charge is 0.494 e. The van der Waals surface area contributed by atoms with Crippen molar-refractivity contribution < 1.29 is 19.7 Å². The predicted octanol–water partition coefficient (Wildman–Crippen LogP) is 3.43. The summed E-state index contributed by atoms with van der Waals surface area (Å²) in [6.07, 6.45) is 1.54. The molecule has 37 heavy (non-hydrogen) atoms. The number of benzene rings is 1. The standard InChI is InChI=1S/C24H27ClN4O6S2/c1-7-9-35-18-13(25)10-12(11-14(18)34-8-2)15(16-19(30)26(3)23(36)27(4)20(16)31)17-21(32)28(5)24(37)29(6)22(17)33/h7,10-11,15,30,32H,1,8-9H2,2-6H3. The van der Waals surface area contributed by atoms with Gasteiger partial charge in [-0.05, 0) is 49.1 Å². The van der Waals surface area contributed by atoms with Crippen LogP contribution < -0.4 is 20.6 Å². The predicted molar refractivity (Wildman–Crippen MR) is 146 cm³/mol. The van der Waals surface area contributed by atoms with Gasteiger partial charge in [-0.2, -0.15) is 0 Å². The minimum Gasteiger partial charge on any atom is -0.494 e. The molecule has 0 radical (unpaired) electrons. The molecule has 0 aliphatic carbocycles. The van der Waals surface area contributed by atoms with Gasteiger partial charge in [-0.1, -0.05) is 24.3 Å². The third-order valence-corrected chi connectivity index (χ3v) is 7.30. The first-order valence-electron chi connectivity index (χ1n) is 11.1. The molecule has 0 unspecified atom stereocenters. The van der Waals surface area contributed by atoms with Crippen LogP contribution in [0, 0.1) is 9.54 Å². The van der Waals surface area contributed by atoms with Crippen LogP contribution in [0.1, 0.15) is 29.5 Å². The highest BCUT2D eigenvalue weighted by molar-refractivity contribution is 7.71. The molecule has 0 saturated heterocycles. The van der Waals surface area contributed by atoms with Gasteiger partial charge in [0.15, 0.2) is 21.0 Å². The zero-order valence-corrected chi connectivity index (χ0v) is 23.3. The molecule has 198 valence electrons. The molecule has 0 spiro atoms. The molecule has 1 aromatic carbocycles. The fourth-order valence-corrected chi connectivity index (χ4v) is 4.61. The first-order valence-corrected chi connectivity index (χ1v) is 12.3. The third kappa shape index (κ3) is 4.83. The van der Waals surface area contributed by atoms with Gasteiger partial charge in [0.25, 0.3) is 11.1 Å². The maximum Gasteiger partial charge on any atom is 0.262 e. The summed E-state index contributed by atoms with van der Waals surface area (Å²) in [4.78, 5) is 27.0. The van der Waals surface area contributed by atoms with Crippen molar-refractivity contribution in [2.75, 3.05) is 13.2 Å². The summed E-state index contributed by atoms with van der Waals surface area (Å²) in [5.41, 5.74) is -1.48. The minimum absolute atomic E-state index is 0.0507. The van der Waals surface area contributed by atoms with Gasteiger partial charge in [-0.3, -0.25) is 27.9 Å². The number of aromatic hydroxyl groups is 2. The van der Waals surface area contributed by atoms with Gasteiger partial charge in [0.2, 0.25) is 11.8 Å². The fraction of sp³-hybridized carbons (Fsp3) is 0.333. The molecule has 2 aromatic heterocycles. The molecule has 3 rings (SSSR count). The molecule has 0 aliphatic rings. The Morgan fingerprint density at radius 1 is 0.946 bits per heavy atom. The molecule has 2 heterocycles. The summed E-state index contributed by atoms with van der Waals surface area (Å²) < 4.78 is 16.3. The number of hydrogen-bond acceptors (Lipinski definition) is 8. The normalized spacial score (nSPS) is 11.1. The number of rotatable bonds is 8. The molecule has 2 N–H and O–H groups in total. The zero-order chi connectivity index (χ0) is 27.8. The average molecular weight is 567 g/mol. The van der Waals surface area contributed by atoms with E-state index in [1.165, 1.54) is 43.4 Å². The quantitative estimate of drug-likeness (QED) is 0.315. The lowest BCUT2D eigenvalue weighted by Gasteiger charge is -2.24. The van der Waals surface area contributed by atoms with Gasteiger partial charge in [0.1, 0.15) is 6.61 Å². The van der Waals surface area contributed by atoms with E-state index in [0.717, 1.165) is 9.13 Å². The number of halogens is 1. The van der Waals surface area contributed by atoms with Crippen molar-refractivity contribution in [3.63, 3.8) is 0 Å². The van der Waals surface area contributed by atoms with Crippen molar-refractivity contribution in [2.24, 2.45) is 28.2 Å². The number of aromatic nitrogens is 4. The molecule has 0 atom stereocenters. The van der Waals surface area contributed by atoms with Crippen LogP contribution in [0.3, 0.4) is 0 Å². The van der Waals surface area contributed by atoms with Crippen LogP contribution in [0.15, 0.2) is 34.4 Å². The Hall–Kier alpha value is -3.35. The van der Waals surface area contributed by atoms with E-state index in [1.807, 2.05) is 0 Å². The molecule has 0 amide bonds. The van der Waals surface area contributed by atoms with Gasteiger partial charge >= 0.3 is 0 Å². The summed E-state index contributed by atoms with van der Waals surface area (Å²) in [6.45, 7) is 5.81. The number of hydrogen-bond donors (Lipinski definition) is 2. The zero-order valence-electron chi connectivity index (χ0n) is 20.9. The highest BCUT2D eigenvalue weighted by Crippen LogP contribution is 2.43. The lowest BCUT2D eigenvalue weighted by atomic mass is 9.86. The van der Waals surface area contributed by atoms with E-state index in [0.29, 0.717) is 0 Å². The van der Waals surface area contributed by atoms with Crippen LogP contribution in [0.25, 0.3) is 0 Å². The monoisotopic (exact) mass is 566 g/mol. The second kappa shape index (κ2) is 11.0. The van der Waals surface area contributed by atoms with Gasteiger partial charge < -0.3 is 19.7 Å². The van der Waals surface area contributed by atoms with Crippen LogP contribution >= 0.6 is 36.0 Å². The topological polar surface area (TPSA) is 113 Å². The second-order valence-corrected chi connectivity index (χ2v) is 9.32. The minimum atomic E-state index is -1.30. The van der Waals surface area contributed by atoms with Crippen LogP contribution in [-0.4, -0.2) is 41.7 Å². The highest BCUT2D eigenvalue weighted by atomic mass is 35.5. The Morgan fingerprint density at radius 2 is 1.43 bits per heavy atom. The molecule has 3 aromatic rings. The first-order chi connectivity index (χ1) is 17.4. The van der Waals surface area contributed by atoms with E-state index in [4.69, 9.17) is 45.5 Å². The Labute approximate surface area is 227 Å². The van der Waals surface area contributed by atoms with Crippen LogP contribution in [0.5, 0.6) is 23.3 Å². The first kappa shape index (κ1) is 28.2. The molecular formula is C24H27ClN4O6S2. The van der Waals surface area contributed by atoms with E-state index in [9.17, 15) is 19.8 Å². The highest BCUT2D eigenvalue weighted by Gasteiger charge is 2.33. The van der Waals surface area contributed by atoms with E-state index >= 15 is 0 Å². The van der Waals surface area contributed by atoms with Crippen molar-refractivity contribution in [1.29, 1.82) is 0 Å². The van der Waals surface area contributed by atoms with Gasteiger partial charge in [-0.15, -0.1) is 0 Å². The second-order valence-electron chi connectivity index (χ2n) is 8.18. The van der Waals surface area contributed by atoms with Crippen molar-refractivity contribution in [3.05, 3.63) is 76.8 Å². The van der Waals surface area contributed by atoms with Crippen molar-refractivity contribution >= 4 is 36.0 Å². The summed E-state index contributed by atoms with van der Waals surface area (Å²) in [5, 5.41) is 22.4. The fourth-order valence-electron chi connectivity index (χ4n) is 4.00. The SMILES string of the molecule is C=CCOc1c(Cl)cc(C(c2c(O)n(C)c(=S)n(C)c2=O)c2c(O)n(C)c(=S)n(C)c2=O)cc1OCC. The lowest BCUT2D eigenvalue weighted by Crippen LogP contribution is -2.33. The Balaban J connectivity index is 2.57. The lowest BCUT2D eigenvalue weighted by molar-refractivity contribution is 0.296. The smallest absolute Gasteiger partial charge is 0.262 e. The average Bonchev–Trinajstić information content (AvgIpc) is 2.87. The molecule has 13 heteroatoms. The van der Waals surface area contributed by atoms with E-state index in [2.05, 4.69) is 6.58 Å². The summed E-state index contributed by atoms with van der Waals surface area (Å²) >= 11 is 17.1. The van der Waals surface area contributed by atoms with E-state index < -0.39 is 28.8 Å². The Bertz CT molecular complexity index is 1550. The molecular weight excluding hydrogens is 540 g/mol. The Kier molecular flexibility index (Phi) is 8.35. The van der Waals surface area contributed by atoms with Gasteiger partial charge in [0, 0.05) is 28.2 Å². The van der Waals surface area contributed by atoms with Crippen LogP contribution in [0.2, 0.25) is 5.02 Å². The van der Waals surface area contributed by atoms with Crippen LogP contribution in [0.4, 0.5) is 0 Å². The molecule has 0 saturated carbocycles. The maximum absolute atomic E-state index is 13.5. The summed E-state index contributed by atoms with van der Waals surface area (Å²) in [6, 6.07) is 3.02. The summed E-state index contributed by atoms with van der Waals surface area (Å²) in [5.74, 6) is -1.79. The van der Waals surface area contributed by atoms with Crippen molar-refractivity contribution in [3.8, 4) is 23.3 Å². The van der Waals surface area contributed by atoms with Gasteiger partial charge in [-0.25, -0.2) is 0 Å². The number of nitrogens with zero attached hydrogens (tertiary/aromatic N) is 4. The Morgan fingerprint density at radius 3 is 1.86 bits per heavy atom. The maximum atomic E-state index is 13.5. The summed E-state index contributed by atoms with van der Waals surface area (Å²) in [7, 11) is 5.85. The van der Waals surface area contributed by atoms with Crippen molar-refractivity contribution in [1.82, 2.24) is 18.3 Å². The van der Waals surface area contributed by atoms with Gasteiger partial charge in [0.05, 0.1) is 28.7 Å². The van der Waals surface area contributed by atoms with E-state index in [1.54, 1.807) is 19.1 Å².